The average Bonchev–Trinajstić information content (AvgIpc) is 1.83. The zero-order chi connectivity index (χ0) is 7.28. The molecule has 0 aromatic carbocycles. The smallest absolute Gasteiger partial charge is 0.299 e. The quantitative estimate of drug-likeness (QED) is 0.479. The highest BCUT2D eigenvalue weighted by Gasteiger charge is 1.97. The Morgan fingerprint density at radius 2 is 2.00 bits per heavy atom. The van der Waals surface area contributed by atoms with Gasteiger partial charge in [0.2, 0.25) is 5.91 Å². The van der Waals surface area contributed by atoms with Gasteiger partial charge in [-0.1, -0.05) is 0 Å². The summed E-state index contributed by atoms with van der Waals surface area (Å²) in [4.78, 5) is 20.5. The predicted molar refractivity (Wildman–Crippen MR) is 35.9 cm³/mol. The van der Waals surface area contributed by atoms with Crippen LogP contribution in [0.3, 0.4) is 0 Å². The van der Waals surface area contributed by atoms with Crippen molar-refractivity contribution in [1.82, 2.24) is 10.0 Å². The van der Waals surface area contributed by atoms with Crippen molar-refractivity contribution in [2.75, 3.05) is 7.05 Å². The lowest BCUT2D eigenvalue weighted by molar-refractivity contribution is -0.117. The zero-order valence-corrected chi connectivity index (χ0v) is 6.04. The molecule has 9 heavy (non-hydrogen) atoms. The second-order valence-electron chi connectivity index (χ2n) is 1.30. The minimum atomic E-state index is -0.273. The second kappa shape index (κ2) is 4.20. The molecule has 0 aliphatic rings. The number of carbonyl (C=O) groups excluding carboxylic acids is 2. The molecule has 0 aliphatic heterocycles. The average molecular weight is 148 g/mol. The van der Waals surface area contributed by atoms with Crippen molar-refractivity contribution in [3.63, 3.8) is 0 Å². The van der Waals surface area contributed by atoms with Crippen LogP contribution in [0.4, 0.5) is 4.79 Å². The summed E-state index contributed by atoms with van der Waals surface area (Å²) < 4.78 is 2.26. The topological polar surface area (TPSA) is 58.2 Å². The minimum Gasteiger partial charge on any atom is -0.349 e. The van der Waals surface area contributed by atoms with Crippen LogP contribution < -0.4 is 10.0 Å². The Hall–Kier alpha value is -0.710. The summed E-state index contributed by atoms with van der Waals surface area (Å²) >= 11 is 0.735. The molecular formula is C4H8N2O2S. The van der Waals surface area contributed by atoms with Gasteiger partial charge < -0.3 is 5.32 Å². The molecule has 0 radical (unpaired) electrons. The molecule has 0 heterocycles. The minimum absolute atomic E-state index is 0.233. The van der Waals surface area contributed by atoms with Crippen molar-refractivity contribution in [2.24, 2.45) is 0 Å². The van der Waals surface area contributed by atoms with Gasteiger partial charge >= 0.3 is 0 Å². The van der Waals surface area contributed by atoms with Gasteiger partial charge in [0, 0.05) is 25.9 Å². The summed E-state index contributed by atoms with van der Waals surface area (Å²) in [7, 11) is 1.50. The highest BCUT2D eigenvalue weighted by molar-refractivity contribution is 8.12. The third-order valence-corrected chi connectivity index (χ3v) is 1.27. The van der Waals surface area contributed by atoms with Crippen LogP contribution in [0, 0.1) is 0 Å². The first-order chi connectivity index (χ1) is 4.16. The molecule has 0 spiro atoms. The summed E-state index contributed by atoms with van der Waals surface area (Å²) in [6.07, 6.45) is 0. The van der Waals surface area contributed by atoms with Gasteiger partial charge in [-0.05, 0) is 0 Å². The standard InChI is InChI=1S/C4H8N2O2S/c1-3(7)6-9-4(8)5-2/h1-2H3,(H,5,8)(H,6,7). The van der Waals surface area contributed by atoms with E-state index in [1.54, 1.807) is 0 Å². The molecule has 0 bridgehead atoms. The van der Waals surface area contributed by atoms with Crippen molar-refractivity contribution in [3.05, 3.63) is 0 Å². The van der Waals surface area contributed by atoms with Gasteiger partial charge in [0.15, 0.2) is 0 Å². The fourth-order valence-electron chi connectivity index (χ4n) is 0.169. The fraction of sp³-hybridized carbons (Fsp3) is 0.500. The Morgan fingerprint density at radius 1 is 1.44 bits per heavy atom. The van der Waals surface area contributed by atoms with Gasteiger partial charge in [-0.15, -0.1) is 0 Å². The lowest BCUT2D eigenvalue weighted by Gasteiger charge is -1.96. The largest absolute Gasteiger partial charge is 0.349 e. The number of hydrogen-bond donors (Lipinski definition) is 2. The molecule has 0 saturated heterocycles. The molecule has 0 aliphatic carbocycles. The number of carbonyl (C=O) groups is 2. The Morgan fingerprint density at radius 3 is 2.33 bits per heavy atom. The van der Waals surface area contributed by atoms with Gasteiger partial charge in [0.05, 0.1) is 0 Å². The molecule has 0 unspecified atom stereocenters. The Bertz CT molecular complexity index is 126. The van der Waals surface area contributed by atoms with Gasteiger partial charge in [0.25, 0.3) is 5.24 Å². The molecule has 4 nitrogen and oxygen atoms in total. The van der Waals surface area contributed by atoms with Crippen LogP contribution in [0.2, 0.25) is 0 Å². The van der Waals surface area contributed by atoms with Gasteiger partial charge in [-0.2, -0.15) is 0 Å². The first-order valence-corrected chi connectivity index (χ1v) is 3.13. The molecule has 2 N–H and O–H groups in total. The first kappa shape index (κ1) is 8.29. The molecule has 2 amide bonds. The van der Waals surface area contributed by atoms with E-state index in [-0.39, 0.29) is 11.1 Å². The van der Waals surface area contributed by atoms with Crippen LogP contribution in [-0.2, 0) is 4.79 Å². The van der Waals surface area contributed by atoms with E-state index in [0.717, 1.165) is 11.9 Å². The van der Waals surface area contributed by atoms with Crippen LogP contribution in [0.15, 0.2) is 0 Å². The van der Waals surface area contributed by atoms with E-state index in [1.165, 1.54) is 14.0 Å². The van der Waals surface area contributed by atoms with E-state index in [2.05, 4.69) is 10.0 Å². The monoisotopic (exact) mass is 148 g/mol. The molecule has 0 saturated carbocycles. The number of rotatable bonds is 0. The summed E-state index contributed by atoms with van der Waals surface area (Å²) in [6.45, 7) is 1.34. The van der Waals surface area contributed by atoms with Crippen molar-refractivity contribution in [3.8, 4) is 0 Å². The summed E-state index contributed by atoms with van der Waals surface area (Å²) in [5.41, 5.74) is 0. The van der Waals surface area contributed by atoms with Gasteiger partial charge in [-0.3, -0.25) is 14.3 Å². The molecule has 0 fully saturated rings. The lowest BCUT2D eigenvalue weighted by Crippen LogP contribution is -2.20. The molecular weight excluding hydrogens is 140 g/mol. The molecule has 0 aromatic rings. The van der Waals surface area contributed by atoms with Crippen LogP contribution in [0.1, 0.15) is 6.92 Å². The van der Waals surface area contributed by atoms with Crippen molar-refractivity contribution in [1.29, 1.82) is 0 Å². The zero-order valence-electron chi connectivity index (χ0n) is 5.22. The SMILES string of the molecule is CNC(=O)SNC(C)=O. The maximum Gasteiger partial charge on any atom is 0.299 e. The van der Waals surface area contributed by atoms with E-state index in [9.17, 15) is 9.59 Å². The van der Waals surface area contributed by atoms with Crippen LogP contribution in [0.5, 0.6) is 0 Å². The predicted octanol–water partition coefficient (Wildman–Crippen LogP) is 0.110. The Kier molecular flexibility index (Phi) is 3.87. The van der Waals surface area contributed by atoms with Gasteiger partial charge in [-0.25, -0.2) is 0 Å². The number of hydrogen-bond acceptors (Lipinski definition) is 3. The van der Waals surface area contributed by atoms with Crippen LogP contribution in [0.25, 0.3) is 0 Å². The fourth-order valence-corrected chi connectivity index (χ4v) is 0.508. The molecule has 52 valence electrons. The highest BCUT2D eigenvalue weighted by Crippen LogP contribution is 1.91. The third-order valence-electron chi connectivity index (χ3n) is 0.492. The molecule has 0 aromatic heterocycles. The van der Waals surface area contributed by atoms with Gasteiger partial charge in [0.1, 0.15) is 0 Å². The van der Waals surface area contributed by atoms with Crippen molar-refractivity contribution >= 4 is 23.1 Å². The summed E-state index contributed by atoms with van der Waals surface area (Å²) in [6, 6.07) is 0. The number of amides is 2. The third kappa shape index (κ3) is 5.16. The molecule has 0 atom stereocenters. The summed E-state index contributed by atoms with van der Waals surface area (Å²) in [5.74, 6) is -0.233. The van der Waals surface area contributed by atoms with E-state index >= 15 is 0 Å². The van der Waals surface area contributed by atoms with Crippen molar-refractivity contribution in [2.45, 2.75) is 6.92 Å². The lowest BCUT2D eigenvalue weighted by atomic mass is 10.8. The highest BCUT2D eigenvalue weighted by atomic mass is 32.2. The Labute approximate surface area is 57.5 Å². The van der Waals surface area contributed by atoms with E-state index in [4.69, 9.17) is 0 Å². The van der Waals surface area contributed by atoms with Crippen molar-refractivity contribution < 1.29 is 9.59 Å². The van der Waals surface area contributed by atoms with E-state index < -0.39 is 0 Å². The maximum absolute atomic E-state index is 10.4. The molecule has 0 rings (SSSR count). The van der Waals surface area contributed by atoms with E-state index in [0.29, 0.717) is 0 Å². The van der Waals surface area contributed by atoms with Crippen LogP contribution >= 0.6 is 11.9 Å². The maximum atomic E-state index is 10.4. The Balaban J connectivity index is 3.28. The number of nitrogens with one attached hydrogen (secondary N) is 2. The van der Waals surface area contributed by atoms with E-state index in [1.807, 2.05) is 0 Å². The molecule has 5 heteroatoms. The van der Waals surface area contributed by atoms with Crippen LogP contribution in [-0.4, -0.2) is 18.2 Å². The first-order valence-electron chi connectivity index (χ1n) is 2.32. The summed E-state index contributed by atoms with van der Waals surface area (Å²) in [5, 5.41) is 2.06. The normalized spacial score (nSPS) is 8.22. The second-order valence-corrected chi connectivity index (χ2v) is 2.08.